The minimum Gasteiger partial charge on any atom is -0.436 e. The quantitative estimate of drug-likeness (QED) is 0.642. The van der Waals surface area contributed by atoms with Crippen LogP contribution in [0.5, 0.6) is 0 Å². The number of amides is 1. The van der Waals surface area contributed by atoms with Crippen LogP contribution in [0.4, 0.5) is 4.79 Å². The fourth-order valence-electron chi connectivity index (χ4n) is 1.06. The van der Waals surface area contributed by atoms with Gasteiger partial charge in [0.15, 0.2) is 6.61 Å². The third kappa shape index (κ3) is 6.32. The van der Waals surface area contributed by atoms with Crippen molar-refractivity contribution in [1.29, 1.82) is 0 Å². The molecule has 1 amide bonds. The van der Waals surface area contributed by atoms with Gasteiger partial charge in [0.1, 0.15) is 0 Å². The molecule has 0 aliphatic carbocycles. The SMILES string of the molecule is C#CCOC(=O)NC(CO)CC(C)C. The summed E-state index contributed by atoms with van der Waals surface area (Å²) in [5, 5.41) is 11.5. The van der Waals surface area contributed by atoms with Crippen LogP contribution in [-0.2, 0) is 4.74 Å². The molecule has 0 aromatic rings. The van der Waals surface area contributed by atoms with E-state index in [2.05, 4.69) is 16.0 Å². The number of hydrogen-bond donors (Lipinski definition) is 2. The molecule has 0 spiro atoms. The lowest BCUT2D eigenvalue weighted by atomic mass is 10.0. The van der Waals surface area contributed by atoms with E-state index in [-0.39, 0.29) is 19.3 Å². The molecule has 1 unspecified atom stereocenters. The predicted molar refractivity (Wildman–Crippen MR) is 53.6 cm³/mol. The second-order valence-corrected chi connectivity index (χ2v) is 3.43. The largest absolute Gasteiger partial charge is 0.436 e. The van der Waals surface area contributed by atoms with Gasteiger partial charge in [0, 0.05) is 0 Å². The summed E-state index contributed by atoms with van der Waals surface area (Å²) in [7, 11) is 0. The van der Waals surface area contributed by atoms with Crippen molar-refractivity contribution in [1.82, 2.24) is 5.32 Å². The fraction of sp³-hybridized carbons (Fsp3) is 0.700. The van der Waals surface area contributed by atoms with Crippen molar-refractivity contribution in [3.05, 3.63) is 0 Å². The standard InChI is InChI=1S/C10H17NO3/c1-4-5-14-10(13)11-9(7-12)6-8(2)3/h1,8-9,12H,5-7H2,2-3H3,(H,11,13). The van der Waals surface area contributed by atoms with Gasteiger partial charge in [0.2, 0.25) is 0 Å². The first-order valence-corrected chi connectivity index (χ1v) is 4.57. The Hall–Kier alpha value is -1.21. The van der Waals surface area contributed by atoms with E-state index in [1.807, 2.05) is 13.8 Å². The Bertz CT molecular complexity index is 208. The van der Waals surface area contributed by atoms with Gasteiger partial charge >= 0.3 is 6.09 Å². The number of alkyl carbamates (subject to hydrolysis) is 1. The zero-order valence-electron chi connectivity index (χ0n) is 8.62. The summed E-state index contributed by atoms with van der Waals surface area (Å²) in [6, 6.07) is -0.264. The predicted octanol–water partition coefficient (Wildman–Crippen LogP) is 0.753. The number of carbonyl (C=O) groups excluding carboxylic acids is 1. The molecule has 0 saturated heterocycles. The summed E-state index contributed by atoms with van der Waals surface area (Å²) < 4.78 is 4.61. The summed E-state index contributed by atoms with van der Waals surface area (Å²) in [6.45, 7) is 3.88. The molecule has 0 heterocycles. The van der Waals surface area contributed by atoms with Crippen molar-refractivity contribution in [3.63, 3.8) is 0 Å². The number of ether oxygens (including phenoxy) is 1. The maximum atomic E-state index is 11.0. The molecule has 0 rings (SSSR count). The van der Waals surface area contributed by atoms with E-state index in [0.717, 1.165) is 0 Å². The van der Waals surface area contributed by atoms with E-state index in [0.29, 0.717) is 12.3 Å². The molecule has 2 N–H and O–H groups in total. The lowest BCUT2D eigenvalue weighted by Crippen LogP contribution is -2.38. The van der Waals surface area contributed by atoms with Crippen LogP contribution in [0.1, 0.15) is 20.3 Å². The summed E-state index contributed by atoms with van der Waals surface area (Å²) in [4.78, 5) is 11.0. The van der Waals surface area contributed by atoms with Crippen LogP contribution in [0.15, 0.2) is 0 Å². The highest BCUT2D eigenvalue weighted by Gasteiger charge is 2.13. The van der Waals surface area contributed by atoms with Crippen LogP contribution in [0.25, 0.3) is 0 Å². The summed E-state index contributed by atoms with van der Waals surface area (Å²) in [5.74, 6) is 2.59. The monoisotopic (exact) mass is 199 g/mol. The van der Waals surface area contributed by atoms with Crippen LogP contribution in [-0.4, -0.2) is 30.5 Å². The number of aliphatic hydroxyl groups is 1. The van der Waals surface area contributed by atoms with Crippen molar-refractivity contribution in [3.8, 4) is 12.3 Å². The Labute approximate surface area is 84.6 Å². The Morgan fingerprint density at radius 1 is 1.64 bits per heavy atom. The van der Waals surface area contributed by atoms with Crippen LogP contribution >= 0.6 is 0 Å². The third-order valence-electron chi connectivity index (χ3n) is 1.58. The van der Waals surface area contributed by atoms with E-state index in [1.54, 1.807) is 0 Å². The maximum absolute atomic E-state index is 11.0. The van der Waals surface area contributed by atoms with E-state index in [9.17, 15) is 4.79 Å². The molecular formula is C10H17NO3. The highest BCUT2D eigenvalue weighted by Crippen LogP contribution is 2.03. The summed E-state index contributed by atoms with van der Waals surface area (Å²) >= 11 is 0. The van der Waals surface area contributed by atoms with Crippen LogP contribution in [0, 0.1) is 18.3 Å². The third-order valence-corrected chi connectivity index (χ3v) is 1.58. The number of nitrogens with one attached hydrogen (secondary N) is 1. The molecule has 1 atom stereocenters. The number of carbonyl (C=O) groups is 1. The van der Waals surface area contributed by atoms with E-state index in [1.165, 1.54) is 0 Å². The van der Waals surface area contributed by atoms with Gasteiger partial charge in [-0.1, -0.05) is 19.8 Å². The number of rotatable bonds is 5. The van der Waals surface area contributed by atoms with Crippen molar-refractivity contribution in [2.45, 2.75) is 26.3 Å². The topological polar surface area (TPSA) is 58.6 Å². The van der Waals surface area contributed by atoms with Crippen molar-refractivity contribution >= 4 is 6.09 Å². The molecule has 4 heteroatoms. The molecule has 0 aliphatic rings. The zero-order chi connectivity index (χ0) is 11.0. The average molecular weight is 199 g/mol. The molecule has 80 valence electrons. The molecule has 0 saturated carbocycles. The molecule has 0 aromatic carbocycles. The number of hydrogen-bond acceptors (Lipinski definition) is 3. The molecule has 0 bridgehead atoms. The van der Waals surface area contributed by atoms with Gasteiger partial charge in [-0.25, -0.2) is 4.79 Å². The average Bonchev–Trinajstić information content (AvgIpc) is 2.12. The van der Waals surface area contributed by atoms with Gasteiger partial charge in [0.25, 0.3) is 0 Å². The molecule has 0 fully saturated rings. The van der Waals surface area contributed by atoms with Gasteiger partial charge in [-0.05, 0) is 12.3 Å². The van der Waals surface area contributed by atoms with Crippen LogP contribution in [0.3, 0.4) is 0 Å². The van der Waals surface area contributed by atoms with E-state index >= 15 is 0 Å². The van der Waals surface area contributed by atoms with Gasteiger partial charge in [-0.15, -0.1) is 6.42 Å². The molecule has 4 nitrogen and oxygen atoms in total. The van der Waals surface area contributed by atoms with Gasteiger partial charge < -0.3 is 15.2 Å². The second-order valence-electron chi connectivity index (χ2n) is 3.43. The van der Waals surface area contributed by atoms with E-state index < -0.39 is 6.09 Å². The highest BCUT2D eigenvalue weighted by atomic mass is 16.5. The Balaban J connectivity index is 3.81. The Morgan fingerprint density at radius 3 is 2.71 bits per heavy atom. The van der Waals surface area contributed by atoms with Crippen molar-refractivity contribution in [2.24, 2.45) is 5.92 Å². The van der Waals surface area contributed by atoms with E-state index in [4.69, 9.17) is 11.5 Å². The zero-order valence-corrected chi connectivity index (χ0v) is 8.62. The van der Waals surface area contributed by atoms with Crippen LogP contribution in [0.2, 0.25) is 0 Å². The number of aliphatic hydroxyl groups excluding tert-OH is 1. The Morgan fingerprint density at radius 2 is 2.29 bits per heavy atom. The first kappa shape index (κ1) is 12.8. The minimum atomic E-state index is -0.581. The molecule has 0 aliphatic heterocycles. The van der Waals surface area contributed by atoms with Crippen LogP contribution < -0.4 is 5.32 Å². The lowest BCUT2D eigenvalue weighted by molar-refractivity contribution is 0.144. The molecular weight excluding hydrogens is 182 g/mol. The van der Waals surface area contributed by atoms with Gasteiger partial charge in [-0.2, -0.15) is 0 Å². The van der Waals surface area contributed by atoms with Gasteiger partial charge in [0.05, 0.1) is 12.6 Å². The summed E-state index contributed by atoms with van der Waals surface area (Å²) in [5.41, 5.74) is 0. The normalized spacial score (nSPS) is 11.9. The number of terminal acetylenes is 1. The first-order valence-electron chi connectivity index (χ1n) is 4.57. The van der Waals surface area contributed by atoms with Gasteiger partial charge in [-0.3, -0.25) is 0 Å². The molecule has 0 aromatic heterocycles. The highest BCUT2D eigenvalue weighted by molar-refractivity contribution is 5.67. The summed E-state index contributed by atoms with van der Waals surface area (Å²) in [6.07, 6.45) is 5.05. The van der Waals surface area contributed by atoms with Crippen molar-refractivity contribution in [2.75, 3.05) is 13.2 Å². The lowest BCUT2D eigenvalue weighted by Gasteiger charge is -2.17. The first-order chi connectivity index (χ1) is 6.60. The Kier molecular flexibility index (Phi) is 6.59. The molecule has 14 heavy (non-hydrogen) atoms. The maximum Gasteiger partial charge on any atom is 0.408 e. The fourth-order valence-corrected chi connectivity index (χ4v) is 1.06. The minimum absolute atomic E-state index is 0.0499. The van der Waals surface area contributed by atoms with Crippen molar-refractivity contribution < 1.29 is 14.6 Å². The second kappa shape index (κ2) is 7.22. The molecule has 0 radical (unpaired) electrons. The smallest absolute Gasteiger partial charge is 0.408 e.